The molecule has 18 heavy (non-hydrogen) atoms. The van der Waals surface area contributed by atoms with Gasteiger partial charge in [-0.05, 0) is 42.8 Å². The summed E-state index contributed by atoms with van der Waals surface area (Å²) in [5, 5.41) is 15.4. The van der Waals surface area contributed by atoms with Crippen molar-refractivity contribution in [2.75, 3.05) is 17.7 Å². The third-order valence-corrected chi connectivity index (χ3v) is 2.73. The Morgan fingerprint density at radius 1 is 1.06 bits per heavy atom. The molecule has 3 nitrogen and oxygen atoms in total. The Kier molecular flexibility index (Phi) is 3.49. The van der Waals surface area contributed by atoms with E-state index in [0.717, 1.165) is 17.1 Å². The molecule has 2 aromatic carbocycles. The summed E-state index contributed by atoms with van der Waals surface area (Å²) in [5.74, 6) is 0. The Bertz CT molecular complexity index is 597. The van der Waals surface area contributed by atoms with Gasteiger partial charge in [0.05, 0.1) is 11.3 Å². The number of hydrogen-bond acceptors (Lipinski definition) is 3. The molecule has 0 fully saturated rings. The maximum Gasteiger partial charge on any atom is 0.101 e. The highest BCUT2D eigenvalue weighted by molar-refractivity contribution is 5.71. The van der Waals surface area contributed by atoms with Gasteiger partial charge in [-0.15, -0.1) is 0 Å². The highest BCUT2D eigenvalue weighted by atomic mass is 14.9. The summed E-state index contributed by atoms with van der Waals surface area (Å²) in [7, 11) is 1.86. The predicted octanol–water partition coefficient (Wildman–Crippen LogP) is 3.65. The van der Waals surface area contributed by atoms with E-state index in [0.29, 0.717) is 5.56 Å². The lowest BCUT2D eigenvalue weighted by Crippen LogP contribution is -1.96. The molecule has 2 aromatic rings. The summed E-state index contributed by atoms with van der Waals surface area (Å²) in [4.78, 5) is 0. The molecule has 0 aromatic heterocycles. The van der Waals surface area contributed by atoms with Crippen LogP contribution in [0.3, 0.4) is 0 Å². The number of aryl methyl sites for hydroxylation is 1. The normalized spacial score (nSPS) is 9.61. The number of hydrogen-bond donors (Lipinski definition) is 2. The summed E-state index contributed by atoms with van der Waals surface area (Å²) >= 11 is 0. The Balaban J connectivity index is 2.36. The molecule has 0 atom stereocenters. The second-order valence-corrected chi connectivity index (χ2v) is 4.12. The molecule has 0 saturated heterocycles. The van der Waals surface area contributed by atoms with Gasteiger partial charge in [0, 0.05) is 18.4 Å². The third-order valence-electron chi connectivity index (χ3n) is 2.73. The fraction of sp³-hybridized carbons (Fsp3) is 0.133. The molecule has 0 aliphatic heterocycles. The first-order chi connectivity index (χ1) is 8.72. The van der Waals surface area contributed by atoms with Crippen molar-refractivity contribution in [3.63, 3.8) is 0 Å². The molecule has 0 spiro atoms. The Labute approximate surface area is 107 Å². The van der Waals surface area contributed by atoms with E-state index in [-0.39, 0.29) is 0 Å². The van der Waals surface area contributed by atoms with Gasteiger partial charge in [0.25, 0.3) is 0 Å². The molecule has 0 saturated carbocycles. The van der Waals surface area contributed by atoms with Gasteiger partial charge in [-0.3, -0.25) is 0 Å². The monoisotopic (exact) mass is 237 g/mol. The van der Waals surface area contributed by atoms with Crippen molar-refractivity contribution in [3.05, 3.63) is 53.6 Å². The van der Waals surface area contributed by atoms with Crippen molar-refractivity contribution in [2.45, 2.75) is 6.92 Å². The SMILES string of the molecule is CNc1ccc(C#N)c(Nc2cccc(C)c2)c1. The van der Waals surface area contributed by atoms with Crippen LogP contribution in [0, 0.1) is 18.3 Å². The molecule has 90 valence electrons. The number of benzene rings is 2. The van der Waals surface area contributed by atoms with Crippen molar-refractivity contribution < 1.29 is 0 Å². The van der Waals surface area contributed by atoms with Crippen LogP contribution >= 0.6 is 0 Å². The molecule has 0 heterocycles. The summed E-state index contributed by atoms with van der Waals surface area (Å²) in [6, 6.07) is 15.9. The van der Waals surface area contributed by atoms with Gasteiger partial charge >= 0.3 is 0 Å². The minimum atomic E-state index is 0.635. The van der Waals surface area contributed by atoms with E-state index in [4.69, 9.17) is 5.26 Å². The van der Waals surface area contributed by atoms with E-state index in [1.807, 2.05) is 56.4 Å². The minimum absolute atomic E-state index is 0.635. The highest BCUT2D eigenvalue weighted by Gasteiger charge is 2.03. The van der Waals surface area contributed by atoms with Crippen molar-refractivity contribution in [1.82, 2.24) is 0 Å². The van der Waals surface area contributed by atoms with E-state index in [9.17, 15) is 0 Å². The summed E-state index contributed by atoms with van der Waals surface area (Å²) in [5.41, 5.74) is 4.60. The predicted molar refractivity (Wildman–Crippen MR) is 75.2 cm³/mol. The summed E-state index contributed by atoms with van der Waals surface area (Å²) < 4.78 is 0. The van der Waals surface area contributed by atoms with Gasteiger partial charge < -0.3 is 10.6 Å². The van der Waals surface area contributed by atoms with Gasteiger partial charge in [0.2, 0.25) is 0 Å². The number of anilines is 3. The van der Waals surface area contributed by atoms with Crippen molar-refractivity contribution in [3.8, 4) is 6.07 Å². The highest BCUT2D eigenvalue weighted by Crippen LogP contribution is 2.24. The van der Waals surface area contributed by atoms with Gasteiger partial charge in [-0.25, -0.2) is 0 Å². The summed E-state index contributed by atoms with van der Waals surface area (Å²) in [6.45, 7) is 2.04. The molecule has 0 unspecified atom stereocenters. The number of nitrogens with one attached hydrogen (secondary N) is 2. The van der Waals surface area contributed by atoms with Crippen LogP contribution in [0.25, 0.3) is 0 Å². The van der Waals surface area contributed by atoms with Gasteiger partial charge in [-0.1, -0.05) is 12.1 Å². The van der Waals surface area contributed by atoms with Crippen LogP contribution in [0.2, 0.25) is 0 Å². The molecular weight excluding hydrogens is 222 g/mol. The molecule has 0 radical (unpaired) electrons. The first-order valence-electron chi connectivity index (χ1n) is 5.78. The van der Waals surface area contributed by atoms with E-state index in [1.165, 1.54) is 5.56 Å². The zero-order valence-electron chi connectivity index (χ0n) is 10.5. The third kappa shape index (κ3) is 2.61. The summed E-state index contributed by atoms with van der Waals surface area (Å²) in [6.07, 6.45) is 0. The van der Waals surface area contributed by atoms with Crippen LogP contribution in [0.4, 0.5) is 17.1 Å². The molecule has 3 heteroatoms. The molecule has 0 amide bonds. The molecule has 0 bridgehead atoms. The average Bonchev–Trinajstić information content (AvgIpc) is 2.38. The molecule has 2 N–H and O–H groups in total. The van der Waals surface area contributed by atoms with Crippen LogP contribution in [-0.4, -0.2) is 7.05 Å². The molecule has 2 rings (SSSR count). The van der Waals surface area contributed by atoms with Crippen LogP contribution < -0.4 is 10.6 Å². The topological polar surface area (TPSA) is 47.9 Å². The number of nitriles is 1. The quantitative estimate of drug-likeness (QED) is 0.856. The van der Waals surface area contributed by atoms with Crippen LogP contribution in [0.5, 0.6) is 0 Å². The fourth-order valence-corrected chi connectivity index (χ4v) is 1.78. The lowest BCUT2D eigenvalue weighted by molar-refractivity contribution is 1.42. The first-order valence-corrected chi connectivity index (χ1v) is 5.78. The van der Waals surface area contributed by atoms with Crippen molar-refractivity contribution in [2.24, 2.45) is 0 Å². The molecule has 0 aliphatic carbocycles. The largest absolute Gasteiger partial charge is 0.388 e. The smallest absolute Gasteiger partial charge is 0.101 e. The standard InChI is InChI=1S/C15H15N3/c1-11-4-3-5-14(8-11)18-15-9-13(17-2)7-6-12(15)10-16/h3-9,17-18H,1-2H3. The van der Waals surface area contributed by atoms with Crippen LogP contribution in [0.15, 0.2) is 42.5 Å². The van der Waals surface area contributed by atoms with Gasteiger partial charge in [0.15, 0.2) is 0 Å². The number of nitrogens with zero attached hydrogens (tertiary/aromatic N) is 1. The Morgan fingerprint density at radius 2 is 1.89 bits per heavy atom. The van der Waals surface area contributed by atoms with Gasteiger partial charge in [-0.2, -0.15) is 5.26 Å². The number of rotatable bonds is 3. The molecule has 0 aliphatic rings. The van der Waals surface area contributed by atoms with E-state index in [2.05, 4.69) is 16.7 Å². The minimum Gasteiger partial charge on any atom is -0.388 e. The van der Waals surface area contributed by atoms with Gasteiger partial charge in [0.1, 0.15) is 6.07 Å². The van der Waals surface area contributed by atoms with Crippen molar-refractivity contribution >= 4 is 17.1 Å². The maximum absolute atomic E-state index is 9.10. The fourth-order valence-electron chi connectivity index (χ4n) is 1.78. The second-order valence-electron chi connectivity index (χ2n) is 4.12. The van der Waals surface area contributed by atoms with E-state index in [1.54, 1.807) is 0 Å². The van der Waals surface area contributed by atoms with Crippen LogP contribution in [0.1, 0.15) is 11.1 Å². The Morgan fingerprint density at radius 3 is 2.56 bits per heavy atom. The lowest BCUT2D eigenvalue weighted by atomic mass is 10.1. The lowest BCUT2D eigenvalue weighted by Gasteiger charge is -2.10. The average molecular weight is 237 g/mol. The second kappa shape index (κ2) is 5.24. The zero-order chi connectivity index (χ0) is 13.0. The van der Waals surface area contributed by atoms with E-state index < -0.39 is 0 Å². The van der Waals surface area contributed by atoms with Crippen molar-refractivity contribution in [1.29, 1.82) is 5.26 Å². The van der Waals surface area contributed by atoms with E-state index >= 15 is 0 Å². The van der Waals surface area contributed by atoms with Crippen LogP contribution in [-0.2, 0) is 0 Å². The maximum atomic E-state index is 9.10. The zero-order valence-corrected chi connectivity index (χ0v) is 10.5. The Hall–Kier alpha value is -2.47. The molecular formula is C15H15N3. The first kappa shape index (κ1) is 12.0.